The first-order valence-corrected chi connectivity index (χ1v) is 11.5. The smallest absolute Gasteiger partial charge is 0.255 e. The Kier molecular flexibility index (Phi) is 7.58. The largest absolute Gasteiger partial charge is 0.473 e. The number of ether oxygens (including phenoxy) is 2. The number of thioether (sulfide) groups is 1. The van der Waals surface area contributed by atoms with Gasteiger partial charge in [-0.15, -0.1) is 0 Å². The Morgan fingerprint density at radius 1 is 1.03 bits per heavy atom. The van der Waals surface area contributed by atoms with Crippen molar-refractivity contribution >= 4 is 23.4 Å². The zero-order valence-electron chi connectivity index (χ0n) is 17.3. The van der Waals surface area contributed by atoms with Crippen molar-refractivity contribution in [3.63, 3.8) is 0 Å². The highest BCUT2D eigenvalue weighted by atomic mass is 32.2. The van der Waals surface area contributed by atoms with Gasteiger partial charge in [0.2, 0.25) is 5.88 Å². The maximum Gasteiger partial charge on any atom is 0.255 e. The van der Waals surface area contributed by atoms with Gasteiger partial charge in [-0.2, -0.15) is 11.8 Å². The van der Waals surface area contributed by atoms with Crippen LogP contribution in [0.15, 0.2) is 72.9 Å². The highest BCUT2D eigenvalue weighted by molar-refractivity contribution is 7.99. The monoisotopic (exact) mass is 434 g/mol. The molecular weight excluding hydrogens is 408 g/mol. The zero-order chi connectivity index (χ0) is 21.3. The molecule has 0 saturated carbocycles. The minimum atomic E-state index is -0.179. The van der Waals surface area contributed by atoms with E-state index in [-0.39, 0.29) is 5.91 Å². The van der Waals surface area contributed by atoms with Crippen LogP contribution in [-0.2, 0) is 17.1 Å². The summed E-state index contributed by atoms with van der Waals surface area (Å²) in [5.74, 6) is 1.18. The fourth-order valence-electron chi connectivity index (χ4n) is 3.36. The van der Waals surface area contributed by atoms with Gasteiger partial charge in [-0.25, -0.2) is 4.98 Å². The predicted molar refractivity (Wildman–Crippen MR) is 125 cm³/mol. The van der Waals surface area contributed by atoms with Crippen LogP contribution < -0.4 is 10.1 Å². The van der Waals surface area contributed by atoms with Gasteiger partial charge in [0.15, 0.2) is 0 Å². The summed E-state index contributed by atoms with van der Waals surface area (Å²) in [5.41, 5.74) is 3.56. The van der Waals surface area contributed by atoms with E-state index in [1.165, 1.54) is 5.56 Å². The van der Waals surface area contributed by atoms with E-state index in [1.807, 2.05) is 60.3 Å². The molecule has 0 bridgehead atoms. The summed E-state index contributed by atoms with van der Waals surface area (Å²) < 4.78 is 11.2. The first-order valence-electron chi connectivity index (χ1n) is 10.5. The van der Waals surface area contributed by atoms with Crippen molar-refractivity contribution in [2.45, 2.75) is 30.5 Å². The van der Waals surface area contributed by atoms with E-state index in [9.17, 15) is 4.79 Å². The fraction of sp³-hybridized carbons (Fsp3) is 0.280. The van der Waals surface area contributed by atoms with Crippen molar-refractivity contribution in [2.75, 3.05) is 18.5 Å². The average molecular weight is 435 g/mol. The molecule has 4 rings (SSSR count). The van der Waals surface area contributed by atoms with Crippen molar-refractivity contribution in [3.8, 4) is 5.88 Å². The van der Waals surface area contributed by atoms with Gasteiger partial charge in [0, 0.05) is 47.7 Å². The fourth-order valence-corrected chi connectivity index (χ4v) is 4.49. The van der Waals surface area contributed by atoms with E-state index in [2.05, 4.69) is 16.4 Å². The summed E-state index contributed by atoms with van der Waals surface area (Å²) in [5, 5.41) is 3.64. The molecule has 0 aliphatic carbocycles. The molecule has 31 heavy (non-hydrogen) atoms. The van der Waals surface area contributed by atoms with Crippen molar-refractivity contribution in [2.24, 2.45) is 0 Å². The summed E-state index contributed by atoms with van der Waals surface area (Å²) >= 11 is 1.96. The van der Waals surface area contributed by atoms with Gasteiger partial charge in [-0.3, -0.25) is 4.79 Å². The van der Waals surface area contributed by atoms with Crippen LogP contribution in [0.3, 0.4) is 0 Å². The van der Waals surface area contributed by atoms with E-state index < -0.39 is 0 Å². The third kappa shape index (κ3) is 6.57. The first kappa shape index (κ1) is 21.4. The number of carbonyl (C=O) groups excluding carboxylic acids is 1. The van der Waals surface area contributed by atoms with Gasteiger partial charge in [-0.05, 0) is 42.2 Å². The maximum absolute atomic E-state index is 12.7. The number of pyridine rings is 1. The molecule has 3 aromatic rings. The lowest BCUT2D eigenvalue weighted by Crippen LogP contribution is -2.17. The summed E-state index contributed by atoms with van der Waals surface area (Å²) in [6.45, 7) is 2.12. The zero-order valence-corrected chi connectivity index (χ0v) is 18.1. The molecule has 0 atom stereocenters. The Balaban J connectivity index is 1.33. The van der Waals surface area contributed by atoms with Crippen LogP contribution in [0.4, 0.5) is 5.69 Å². The average Bonchev–Trinajstić information content (AvgIpc) is 2.83. The molecule has 2 aromatic carbocycles. The van der Waals surface area contributed by atoms with E-state index >= 15 is 0 Å². The molecule has 0 spiro atoms. The second kappa shape index (κ2) is 11.0. The molecule has 1 amide bonds. The van der Waals surface area contributed by atoms with Crippen molar-refractivity contribution < 1.29 is 14.3 Å². The molecule has 1 aliphatic rings. The number of aromatic nitrogens is 1. The molecule has 1 aliphatic heterocycles. The van der Waals surface area contributed by atoms with Crippen LogP contribution in [-0.4, -0.2) is 29.4 Å². The summed E-state index contributed by atoms with van der Waals surface area (Å²) in [4.78, 5) is 17.0. The lowest BCUT2D eigenvalue weighted by Gasteiger charge is -2.21. The van der Waals surface area contributed by atoms with E-state index in [0.29, 0.717) is 23.3 Å². The van der Waals surface area contributed by atoms with Gasteiger partial charge in [0.25, 0.3) is 5.91 Å². The predicted octanol–water partition coefficient (Wildman–Crippen LogP) is 5.33. The number of hydrogen-bond acceptors (Lipinski definition) is 5. The number of nitrogens with zero attached hydrogens (tertiary/aromatic N) is 1. The van der Waals surface area contributed by atoms with Crippen LogP contribution in [0.25, 0.3) is 0 Å². The Morgan fingerprint density at radius 2 is 1.84 bits per heavy atom. The van der Waals surface area contributed by atoms with Crippen LogP contribution >= 0.6 is 11.8 Å². The highest BCUT2D eigenvalue weighted by Crippen LogP contribution is 2.26. The van der Waals surface area contributed by atoms with Crippen molar-refractivity contribution in [1.29, 1.82) is 0 Å². The number of hydrogen-bond donors (Lipinski definition) is 1. The Morgan fingerprint density at radius 3 is 2.68 bits per heavy atom. The lowest BCUT2D eigenvalue weighted by atomic mass is 10.2. The standard InChI is InChI=1S/C25H26N2O3S/c28-25(21-9-12-26-24(16-21)30-17-19-5-2-1-3-6-19)27-22-8-4-7-20(15-22)18-31-23-10-13-29-14-11-23/h1-9,12,15-16,23H,10-11,13-14,17-18H2,(H,27,28). The molecule has 1 N–H and O–H groups in total. The molecular formula is C25H26N2O3S. The third-order valence-corrected chi connectivity index (χ3v) is 6.51. The highest BCUT2D eigenvalue weighted by Gasteiger charge is 2.14. The molecule has 160 valence electrons. The summed E-state index contributed by atoms with van der Waals surface area (Å²) in [6, 6.07) is 21.3. The first-order chi connectivity index (χ1) is 15.3. The van der Waals surface area contributed by atoms with Crippen molar-refractivity contribution in [1.82, 2.24) is 4.98 Å². The number of nitrogens with one attached hydrogen (secondary N) is 1. The maximum atomic E-state index is 12.7. The third-order valence-electron chi connectivity index (χ3n) is 5.07. The number of amides is 1. The summed E-state index contributed by atoms with van der Waals surface area (Å²) in [7, 11) is 0. The van der Waals surface area contributed by atoms with Crippen LogP contribution in [0, 0.1) is 0 Å². The molecule has 2 heterocycles. The van der Waals surface area contributed by atoms with Crippen molar-refractivity contribution in [3.05, 3.63) is 89.6 Å². The van der Waals surface area contributed by atoms with Gasteiger partial charge in [0.1, 0.15) is 6.61 Å². The lowest BCUT2D eigenvalue weighted by molar-refractivity contribution is 0.1000. The minimum absolute atomic E-state index is 0.179. The topological polar surface area (TPSA) is 60.5 Å². The van der Waals surface area contributed by atoms with E-state index in [1.54, 1.807) is 18.3 Å². The second-order valence-corrected chi connectivity index (χ2v) is 8.72. The Hall–Kier alpha value is -2.83. The Bertz CT molecular complexity index is 991. The number of benzene rings is 2. The number of anilines is 1. The number of rotatable bonds is 8. The van der Waals surface area contributed by atoms with E-state index in [4.69, 9.17) is 9.47 Å². The van der Waals surface area contributed by atoms with Gasteiger partial charge >= 0.3 is 0 Å². The minimum Gasteiger partial charge on any atom is -0.473 e. The molecule has 5 nitrogen and oxygen atoms in total. The molecule has 6 heteroatoms. The SMILES string of the molecule is O=C(Nc1cccc(CSC2CCOCC2)c1)c1ccnc(OCc2ccccc2)c1. The van der Waals surface area contributed by atoms with Crippen LogP contribution in [0.2, 0.25) is 0 Å². The second-order valence-electron chi connectivity index (χ2n) is 7.43. The molecule has 1 saturated heterocycles. The Labute approximate surface area is 187 Å². The normalized spacial score (nSPS) is 14.2. The van der Waals surface area contributed by atoms with E-state index in [0.717, 1.165) is 43.1 Å². The molecule has 1 aromatic heterocycles. The van der Waals surface area contributed by atoms with Gasteiger partial charge in [0.05, 0.1) is 0 Å². The van der Waals surface area contributed by atoms with Gasteiger partial charge < -0.3 is 14.8 Å². The quantitative estimate of drug-likeness (QED) is 0.520. The van der Waals surface area contributed by atoms with Crippen LogP contribution in [0.1, 0.15) is 34.3 Å². The molecule has 0 unspecified atom stereocenters. The molecule has 1 fully saturated rings. The van der Waals surface area contributed by atoms with Gasteiger partial charge in [-0.1, -0.05) is 42.5 Å². The molecule has 0 radical (unpaired) electrons. The number of carbonyl (C=O) groups is 1. The van der Waals surface area contributed by atoms with Crippen LogP contribution in [0.5, 0.6) is 5.88 Å². The summed E-state index contributed by atoms with van der Waals surface area (Å²) in [6.07, 6.45) is 3.81.